The lowest BCUT2D eigenvalue weighted by Crippen LogP contribution is -2.13. The lowest BCUT2D eigenvalue weighted by atomic mass is 9.89. The fourth-order valence-corrected chi connectivity index (χ4v) is 3.43. The van der Waals surface area contributed by atoms with Gasteiger partial charge >= 0.3 is 5.97 Å². The van der Waals surface area contributed by atoms with Crippen molar-refractivity contribution >= 4 is 17.8 Å². The van der Waals surface area contributed by atoms with Crippen LogP contribution in [-0.2, 0) is 9.59 Å². The molecule has 0 heterocycles. The Morgan fingerprint density at radius 1 is 1.08 bits per heavy atom. The number of halogens is 3. The molecule has 0 bridgehead atoms. The second kappa shape index (κ2) is 9.55. The zero-order chi connectivity index (χ0) is 19.1. The van der Waals surface area contributed by atoms with Crippen LogP contribution in [0.5, 0.6) is 0 Å². The lowest BCUT2D eigenvalue weighted by molar-refractivity contribution is -0.137. The van der Waals surface area contributed by atoms with E-state index in [0.717, 1.165) is 25.3 Å². The molecule has 6 heteroatoms. The summed E-state index contributed by atoms with van der Waals surface area (Å²) in [5.41, 5.74) is -0.0318. The zero-order valence-electron chi connectivity index (χ0n) is 14.5. The van der Waals surface area contributed by atoms with Crippen LogP contribution in [0.15, 0.2) is 18.2 Å². The number of unbranched alkanes of at least 4 members (excludes halogenated alkanes) is 3. The minimum absolute atomic E-state index is 0.0318. The van der Waals surface area contributed by atoms with Gasteiger partial charge in [-0.25, -0.2) is 13.2 Å². The number of aliphatic carboxylic acids is 1. The molecule has 26 heavy (non-hydrogen) atoms. The zero-order valence-corrected chi connectivity index (χ0v) is 14.5. The molecule has 2 rings (SSSR count). The average molecular weight is 368 g/mol. The summed E-state index contributed by atoms with van der Waals surface area (Å²) in [6.07, 6.45) is 8.29. The number of allylic oxidation sites excluding steroid dienone is 1. The Balaban J connectivity index is 1.88. The molecular formula is C20H23F3O3. The quantitative estimate of drug-likeness (QED) is 0.485. The Morgan fingerprint density at radius 2 is 1.77 bits per heavy atom. The summed E-state index contributed by atoms with van der Waals surface area (Å²) in [6, 6.07) is 1.33. The van der Waals surface area contributed by atoms with Gasteiger partial charge in [-0.1, -0.05) is 31.4 Å². The van der Waals surface area contributed by atoms with Crippen LogP contribution in [0.2, 0.25) is 0 Å². The highest BCUT2D eigenvalue weighted by molar-refractivity contribution is 5.84. The van der Waals surface area contributed by atoms with Crippen LogP contribution < -0.4 is 0 Å². The number of carbonyl (C=O) groups excluding carboxylic acids is 1. The van der Waals surface area contributed by atoms with E-state index in [1.807, 2.05) is 0 Å². The van der Waals surface area contributed by atoms with Crippen LogP contribution in [0.25, 0.3) is 6.08 Å². The highest BCUT2D eigenvalue weighted by atomic mass is 19.2. The smallest absolute Gasteiger partial charge is 0.303 e. The molecule has 0 spiro atoms. The number of Topliss-reactive ketones (excluding diaryl/α,β-unsaturated/α-hetero) is 1. The molecule has 1 fully saturated rings. The molecule has 1 aliphatic carbocycles. The van der Waals surface area contributed by atoms with Crippen molar-refractivity contribution in [2.75, 3.05) is 0 Å². The van der Waals surface area contributed by atoms with Gasteiger partial charge in [0.05, 0.1) is 0 Å². The van der Waals surface area contributed by atoms with E-state index in [-0.39, 0.29) is 29.6 Å². The summed E-state index contributed by atoms with van der Waals surface area (Å²) in [5.74, 6) is -3.96. The molecule has 1 aliphatic rings. The van der Waals surface area contributed by atoms with Gasteiger partial charge in [0.25, 0.3) is 0 Å². The monoisotopic (exact) mass is 368 g/mol. The summed E-state index contributed by atoms with van der Waals surface area (Å²) >= 11 is 0. The van der Waals surface area contributed by atoms with Crippen molar-refractivity contribution in [2.24, 2.45) is 11.8 Å². The number of carboxylic acid groups (broad SMARTS) is 1. The van der Waals surface area contributed by atoms with Crippen molar-refractivity contribution < 1.29 is 27.9 Å². The van der Waals surface area contributed by atoms with E-state index < -0.39 is 23.4 Å². The van der Waals surface area contributed by atoms with Crippen molar-refractivity contribution in [1.82, 2.24) is 0 Å². The third-order valence-electron chi connectivity index (χ3n) is 4.87. The molecule has 0 unspecified atom stereocenters. The van der Waals surface area contributed by atoms with E-state index in [1.165, 1.54) is 6.08 Å². The van der Waals surface area contributed by atoms with Crippen molar-refractivity contribution in [3.63, 3.8) is 0 Å². The maximum absolute atomic E-state index is 13.7. The van der Waals surface area contributed by atoms with E-state index in [9.17, 15) is 22.8 Å². The summed E-state index contributed by atoms with van der Waals surface area (Å²) in [4.78, 5) is 22.5. The summed E-state index contributed by atoms with van der Waals surface area (Å²) in [5, 5.41) is 8.59. The fraction of sp³-hybridized carbons (Fsp3) is 0.500. The molecule has 0 saturated heterocycles. The van der Waals surface area contributed by atoms with E-state index >= 15 is 0 Å². The first-order chi connectivity index (χ1) is 12.4. The number of carbonyl (C=O) groups is 2. The highest BCUT2D eigenvalue weighted by Gasteiger charge is 2.32. The van der Waals surface area contributed by atoms with E-state index in [1.54, 1.807) is 6.08 Å². The molecule has 142 valence electrons. The van der Waals surface area contributed by atoms with Gasteiger partial charge in [0.2, 0.25) is 0 Å². The summed E-state index contributed by atoms with van der Waals surface area (Å²) in [7, 11) is 0. The van der Waals surface area contributed by atoms with Crippen LogP contribution in [-0.4, -0.2) is 16.9 Å². The van der Waals surface area contributed by atoms with Gasteiger partial charge < -0.3 is 5.11 Å². The molecule has 0 amide bonds. The van der Waals surface area contributed by atoms with Crippen molar-refractivity contribution in [1.29, 1.82) is 0 Å². The Kier molecular flexibility index (Phi) is 7.42. The predicted molar refractivity (Wildman–Crippen MR) is 91.9 cm³/mol. The number of benzene rings is 1. The maximum Gasteiger partial charge on any atom is 0.303 e. The second-order valence-corrected chi connectivity index (χ2v) is 6.77. The number of ketones is 1. The predicted octanol–water partition coefficient (Wildman–Crippen LogP) is 5.14. The number of rotatable bonds is 9. The van der Waals surface area contributed by atoms with Crippen LogP contribution in [0.3, 0.4) is 0 Å². The van der Waals surface area contributed by atoms with Crippen molar-refractivity contribution in [3.8, 4) is 0 Å². The molecule has 2 atom stereocenters. The van der Waals surface area contributed by atoms with E-state index in [2.05, 4.69) is 0 Å². The first-order valence-corrected chi connectivity index (χ1v) is 8.95. The standard InChI is InChI=1S/C20H23F3O3/c21-16-12-18(23)17(22)11-14(16)8-7-13-9-10-19(24)15(13)5-3-1-2-4-6-20(25)26/h7-8,11-13,15H,1-6,9-10H2,(H,25,26)/t13-,15+/m0/s1. The Hall–Kier alpha value is -2.11. The minimum atomic E-state index is -1.23. The molecule has 3 nitrogen and oxygen atoms in total. The fourth-order valence-electron chi connectivity index (χ4n) is 3.43. The molecule has 0 radical (unpaired) electrons. The molecular weight excluding hydrogens is 345 g/mol. The highest BCUT2D eigenvalue weighted by Crippen LogP contribution is 2.34. The Labute approximate surface area is 150 Å². The molecule has 1 aromatic carbocycles. The maximum atomic E-state index is 13.7. The Bertz CT molecular complexity index is 685. The van der Waals surface area contributed by atoms with Gasteiger partial charge in [-0.2, -0.15) is 0 Å². The molecule has 1 N–H and O–H groups in total. The van der Waals surface area contributed by atoms with Gasteiger partial charge in [0, 0.05) is 30.4 Å². The first-order valence-electron chi connectivity index (χ1n) is 8.95. The SMILES string of the molecule is O=C(O)CCCCCC[C@H]1C(=O)CC[C@@H]1C=Cc1cc(F)c(F)cc1F. The normalized spacial score (nSPS) is 20.2. The topological polar surface area (TPSA) is 54.4 Å². The van der Waals surface area contributed by atoms with Gasteiger partial charge in [-0.15, -0.1) is 0 Å². The number of hydrogen-bond acceptors (Lipinski definition) is 2. The second-order valence-electron chi connectivity index (χ2n) is 6.77. The summed E-state index contributed by atoms with van der Waals surface area (Å²) < 4.78 is 39.9. The minimum Gasteiger partial charge on any atom is -0.481 e. The average Bonchev–Trinajstić information content (AvgIpc) is 2.93. The third kappa shape index (κ3) is 5.71. The molecule has 1 saturated carbocycles. The Morgan fingerprint density at radius 3 is 2.50 bits per heavy atom. The van der Waals surface area contributed by atoms with E-state index in [0.29, 0.717) is 31.7 Å². The first kappa shape index (κ1) is 20.2. The van der Waals surface area contributed by atoms with Crippen LogP contribution in [0, 0.1) is 29.3 Å². The molecule has 0 aliphatic heterocycles. The van der Waals surface area contributed by atoms with Crippen LogP contribution >= 0.6 is 0 Å². The number of hydrogen-bond donors (Lipinski definition) is 1. The van der Waals surface area contributed by atoms with Crippen LogP contribution in [0.4, 0.5) is 13.2 Å². The largest absolute Gasteiger partial charge is 0.481 e. The number of carboxylic acids is 1. The third-order valence-corrected chi connectivity index (χ3v) is 4.87. The molecule has 0 aromatic heterocycles. The van der Waals surface area contributed by atoms with Gasteiger partial charge in [-0.3, -0.25) is 9.59 Å². The van der Waals surface area contributed by atoms with Crippen molar-refractivity contribution in [3.05, 3.63) is 41.2 Å². The van der Waals surface area contributed by atoms with Gasteiger partial charge in [0.1, 0.15) is 11.6 Å². The summed E-state index contributed by atoms with van der Waals surface area (Å²) in [6.45, 7) is 0. The van der Waals surface area contributed by atoms with Gasteiger partial charge in [0.15, 0.2) is 11.6 Å². The molecule has 1 aromatic rings. The van der Waals surface area contributed by atoms with Crippen LogP contribution in [0.1, 0.15) is 56.9 Å². The van der Waals surface area contributed by atoms with E-state index in [4.69, 9.17) is 5.11 Å². The lowest BCUT2D eigenvalue weighted by Gasteiger charge is -2.15. The van der Waals surface area contributed by atoms with Gasteiger partial charge in [-0.05, 0) is 31.2 Å². The van der Waals surface area contributed by atoms with Crippen molar-refractivity contribution in [2.45, 2.75) is 51.4 Å².